The maximum Gasteiger partial charge on any atom is 0.213 e. The number of hydrogen-bond donors (Lipinski definition) is 1. The van der Waals surface area contributed by atoms with Gasteiger partial charge >= 0.3 is 0 Å². The first-order valence-corrected chi connectivity index (χ1v) is 13.6. The van der Waals surface area contributed by atoms with Gasteiger partial charge in [-0.1, -0.05) is 0 Å². The van der Waals surface area contributed by atoms with Gasteiger partial charge in [-0.2, -0.15) is 0 Å². The number of pyridine rings is 3. The van der Waals surface area contributed by atoms with Crippen LogP contribution in [0.15, 0.2) is 53.7 Å². The number of piperidine rings is 1. The maximum atomic E-state index is 14.6. The summed E-state index contributed by atoms with van der Waals surface area (Å²) in [5, 5.41) is 0.245. The summed E-state index contributed by atoms with van der Waals surface area (Å²) in [6.45, 7) is 3.24. The predicted molar refractivity (Wildman–Crippen MR) is 150 cm³/mol. The van der Waals surface area contributed by atoms with E-state index in [0.717, 1.165) is 43.2 Å². The Bertz CT molecular complexity index is 1610. The number of rotatable bonds is 7. The quantitative estimate of drug-likeness (QED) is 0.370. The molecule has 1 aromatic carbocycles. The highest BCUT2D eigenvalue weighted by Gasteiger charge is 2.28. The summed E-state index contributed by atoms with van der Waals surface area (Å²) < 4.78 is 36.4. The van der Waals surface area contributed by atoms with Crippen LogP contribution in [-0.2, 0) is 26.1 Å². The van der Waals surface area contributed by atoms with E-state index in [0.29, 0.717) is 60.8 Å². The van der Waals surface area contributed by atoms with Crippen molar-refractivity contribution in [3.8, 4) is 5.88 Å². The van der Waals surface area contributed by atoms with Gasteiger partial charge in [-0.05, 0) is 55.5 Å². The molecule has 8 nitrogen and oxygen atoms in total. The van der Waals surface area contributed by atoms with Crippen molar-refractivity contribution in [2.45, 2.75) is 51.4 Å². The topological polar surface area (TPSA) is 89.5 Å². The molecular formula is C30H32F2N6O2. The van der Waals surface area contributed by atoms with E-state index >= 15 is 0 Å². The molecule has 0 spiro atoms. The molecular weight excluding hydrogens is 514 g/mol. The fourth-order valence-corrected chi connectivity index (χ4v) is 6.10. The van der Waals surface area contributed by atoms with Crippen molar-refractivity contribution in [1.29, 1.82) is 0 Å². The van der Waals surface area contributed by atoms with Crippen molar-refractivity contribution in [3.05, 3.63) is 87.5 Å². The highest BCUT2D eigenvalue weighted by Crippen LogP contribution is 2.30. The van der Waals surface area contributed by atoms with E-state index in [-0.39, 0.29) is 16.9 Å². The van der Waals surface area contributed by atoms with Crippen molar-refractivity contribution in [3.63, 3.8) is 0 Å². The summed E-state index contributed by atoms with van der Waals surface area (Å²) in [7, 11) is 1.58. The highest BCUT2D eigenvalue weighted by atomic mass is 19.2. The highest BCUT2D eigenvalue weighted by molar-refractivity contribution is 5.83. The number of ether oxygens (including phenoxy) is 1. The minimum absolute atomic E-state index is 0.127. The van der Waals surface area contributed by atoms with Crippen LogP contribution in [0.5, 0.6) is 5.88 Å². The van der Waals surface area contributed by atoms with Gasteiger partial charge in [0.05, 0.1) is 24.5 Å². The van der Waals surface area contributed by atoms with E-state index in [4.69, 9.17) is 10.5 Å². The minimum Gasteiger partial charge on any atom is -0.481 e. The molecule has 5 heterocycles. The SMILES string of the molecule is COc1cc(CN(Cc2cn3c4c(c(F)c(F)cc4c2=O)CCC3)[C@H]2CCCN(c3ccc(N)nc3)C2)ccn1. The van der Waals surface area contributed by atoms with Gasteiger partial charge < -0.3 is 19.9 Å². The van der Waals surface area contributed by atoms with Crippen molar-refractivity contribution in [1.82, 2.24) is 19.4 Å². The van der Waals surface area contributed by atoms with Gasteiger partial charge in [0.25, 0.3) is 0 Å². The molecule has 10 heteroatoms. The Morgan fingerprint density at radius 2 is 2.00 bits per heavy atom. The number of halogens is 2. The zero-order valence-corrected chi connectivity index (χ0v) is 22.4. The summed E-state index contributed by atoms with van der Waals surface area (Å²) in [4.78, 5) is 26.8. The van der Waals surface area contributed by atoms with Gasteiger partial charge in [0.1, 0.15) is 5.82 Å². The number of nitrogens with two attached hydrogens (primary N) is 1. The maximum absolute atomic E-state index is 14.6. The second kappa shape index (κ2) is 10.8. The smallest absolute Gasteiger partial charge is 0.213 e. The Labute approximate surface area is 231 Å². The zero-order valence-electron chi connectivity index (χ0n) is 22.4. The van der Waals surface area contributed by atoms with Crippen LogP contribution in [0.4, 0.5) is 20.3 Å². The van der Waals surface area contributed by atoms with Gasteiger partial charge in [0, 0.05) is 73.7 Å². The van der Waals surface area contributed by atoms with Crippen LogP contribution in [0, 0.1) is 11.6 Å². The van der Waals surface area contributed by atoms with Crippen LogP contribution in [-0.4, -0.2) is 45.7 Å². The fourth-order valence-electron chi connectivity index (χ4n) is 6.10. The minimum atomic E-state index is -0.967. The molecule has 6 rings (SSSR count). The van der Waals surface area contributed by atoms with E-state index in [1.807, 2.05) is 29.0 Å². The van der Waals surface area contributed by atoms with Crippen molar-refractivity contribution >= 4 is 22.4 Å². The average Bonchev–Trinajstić information content (AvgIpc) is 2.98. The summed E-state index contributed by atoms with van der Waals surface area (Å²) in [5.74, 6) is -0.812. The normalized spacial score (nSPS) is 17.0. The standard InChI is InChI=1S/C30H32F2N6O2/c1-40-27-12-19(8-9-34-27)15-38(22-4-2-10-36(18-22)21-6-7-26(33)35-14-21)17-20-16-37-11-3-5-23-28(32)25(31)13-24(29(23)37)30(20)39/h6-9,12-14,16,22H,2-5,10-11,15,17-18H2,1H3,(H2,33,35)/t22-/m0/s1. The van der Waals surface area contributed by atoms with Crippen LogP contribution < -0.4 is 20.8 Å². The van der Waals surface area contributed by atoms with Crippen LogP contribution in [0.2, 0.25) is 0 Å². The van der Waals surface area contributed by atoms with E-state index in [1.165, 1.54) is 0 Å². The zero-order chi connectivity index (χ0) is 27.8. The summed E-state index contributed by atoms with van der Waals surface area (Å²) in [5.41, 5.74) is 8.95. The molecule has 2 aliphatic rings. The Hall–Kier alpha value is -4.05. The summed E-state index contributed by atoms with van der Waals surface area (Å²) >= 11 is 0. The van der Waals surface area contributed by atoms with Gasteiger partial charge in [-0.15, -0.1) is 0 Å². The van der Waals surface area contributed by atoms with Gasteiger partial charge in [-0.25, -0.2) is 18.7 Å². The molecule has 1 saturated heterocycles. The number of aromatic nitrogens is 3. The average molecular weight is 547 g/mol. The van der Waals surface area contributed by atoms with Crippen LogP contribution >= 0.6 is 0 Å². The lowest BCUT2D eigenvalue weighted by Crippen LogP contribution is -2.48. The molecule has 1 atom stereocenters. The van der Waals surface area contributed by atoms with Crippen molar-refractivity contribution in [2.24, 2.45) is 0 Å². The number of nitrogen functional groups attached to an aromatic ring is 1. The molecule has 40 heavy (non-hydrogen) atoms. The lowest BCUT2D eigenvalue weighted by atomic mass is 9.98. The van der Waals surface area contributed by atoms with Gasteiger partial charge in [0.15, 0.2) is 17.1 Å². The lowest BCUT2D eigenvalue weighted by Gasteiger charge is -2.40. The van der Waals surface area contributed by atoms with Gasteiger partial charge in [0.2, 0.25) is 5.88 Å². The molecule has 0 aliphatic carbocycles. The van der Waals surface area contributed by atoms with E-state index in [9.17, 15) is 13.6 Å². The Kier molecular flexibility index (Phi) is 7.10. The predicted octanol–water partition coefficient (Wildman–Crippen LogP) is 4.28. The molecule has 1 fully saturated rings. The van der Waals surface area contributed by atoms with Crippen molar-refractivity contribution < 1.29 is 13.5 Å². The summed E-state index contributed by atoms with van der Waals surface area (Å²) in [6, 6.07) is 8.82. The number of benzene rings is 1. The molecule has 0 radical (unpaired) electrons. The Balaban J connectivity index is 1.38. The molecule has 208 valence electrons. The molecule has 0 saturated carbocycles. The van der Waals surface area contributed by atoms with E-state index < -0.39 is 11.6 Å². The first-order chi connectivity index (χ1) is 19.4. The van der Waals surface area contributed by atoms with Crippen LogP contribution in [0.25, 0.3) is 10.9 Å². The third-order valence-corrected chi connectivity index (χ3v) is 8.06. The molecule has 4 aromatic rings. The lowest BCUT2D eigenvalue weighted by molar-refractivity contribution is 0.158. The second-order valence-electron chi connectivity index (χ2n) is 10.6. The number of nitrogens with zero attached hydrogens (tertiary/aromatic N) is 5. The second-order valence-corrected chi connectivity index (χ2v) is 10.6. The van der Waals surface area contributed by atoms with Crippen molar-refractivity contribution in [2.75, 3.05) is 30.8 Å². The number of methoxy groups -OCH3 is 1. The third-order valence-electron chi connectivity index (χ3n) is 8.06. The summed E-state index contributed by atoms with van der Waals surface area (Å²) in [6.07, 6.45) is 8.39. The van der Waals surface area contributed by atoms with Gasteiger partial charge in [-0.3, -0.25) is 9.69 Å². The largest absolute Gasteiger partial charge is 0.481 e. The first-order valence-electron chi connectivity index (χ1n) is 13.6. The third kappa shape index (κ3) is 4.99. The Morgan fingerprint density at radius 3 is 2.80 bits per heavy atom. The van der Waals surface area contributed by atoms with Crippen LogP contribution in [0.1, 0.15) is 36.0 Å². The number of hydrogen-bond acceptors (Lipinski definition) is 7. The first kappa shape index (κ1) is 26.2. The molecule has 2 N–H and O–H groups in total. The molecule has 3 aromatic heterocycles. The van der Waals surface area contributed by atoms with E-state index in [2.05, 4.69) is 19.8 Å². The monoisotopic (exact) mass is 546 g/mol. The molecule has 0 bridgehead atoms. The molecule has 2 aliphatic heterocycles. The Morgan fingerprint density at radius 1 is 1.12 bits per heavy atom. The number of anilines is 2. The van der Waals surface area contributed by atoms with Crippen LogP contribution in [0.3, 0.4) is 0 Å². The number of aryl methyl sites for hydroxylation is 2. The van der Waals surface area contributed by atoms with E-state index in [1.54, 1.807) is 25.6 Å². The molecule has 0 amide bonds. The fraction of sp³-hybridized carbons (Fsp3) is 0.367. The molecule has 0 unspecified atom stereocenters.